The number of ketones is 1. The number of hydrogen-bond donors (Lipinski definition) is 2. The fraction of sp³-hybridized carbons (Fsp3) is 0.875. The number of carbonyl (C=O) groups is 2. The van der Waals surface area contributed by atoms with Crippen LogP contribution in [0.1, 0.15) is 38.5 Å². The lowest BCUT2D eigenvalue weighted by molar-refractivity contribution is -0.223. The van der Waals surface area contributed by atoms with Crippen LogP contribution in [0, 0.1) is 0 Å². The Balaban J connectivity index is 1.42. The third-order valence-electron chi connectivity index (χ3n) is 4.58. The summed E-state index contributed by atoms with van der Waals surface area (Å²) < 4.78 is 30.5. The van der Waals surface area contributed by atoms with Gasteiger partial charge in [-0.05, 0) is 19.3 Å². The molecule has 4 atom stereocenters. The van der Waals surface area contributed by atoms with Gasteiger partial charge in [-0.3, -0.25) is 9.36 Å². The molecule has 2 heterocycles. The van der Waals surface area contributed by atoms with E-state index in [4.69, 9.17) is 9.47 Å². The maximum Gasteiger partial charge on any atom is 0.315 e. The van der Waals surface area contributed by atoms with Crippen molar-refractivity contribution in [1.29, 1.82) is 0 Å². The molecule has 0 bridgehead atoms. The maximum absolute atomic E-state index is 11.9. The van der Waals surface area contributed by atoms with Crippen molar-refractivity contribution in [3.63, 3.8) is 0 Å². The van der Waals surface area contributed by atoms with Crippen LogP contribution in [0.15, 0.2) is 0 Å². The molecule has 2 rings (SSSR count). The average Bonchev–Trinajstić information content (AvgIpc) is 3.17. The average molecular weight is 407 g/mol. The van der Waals surface area contributed by atoms with Crippen molar-refractivity contribution in [2.24, 2.45) is 0 Å². The van der Waals surface area contributed by atoms with Crippen molar-refractivity contribution in [1.82, 2.24) is 10.6 Å². The Hall–Kier alpha value is -1.03. The number of Topliss-reactive ketones (excluding diaryl/α,β-unsaturated/α-hetero) is 1. The first-order chi connectivity index (χ1) is 12.9. The maximum atomic E-state index is 11.9. The minimum absolute atomic E-state index is 0.0159. The second-order valence-electron chi connectivity index (χ2n) is 6.59. The van der Waals surface area contributed by atoms with Gasteiger partial charge in [0.1, 0.15) is 5.78 Å². The number of phosphoric ester groups is 1. The van der Waals surface area contributed by atoms with Crippen LogP contribution < -0.4 is 15.5 Å². The molecule has 0 spiro atoms. The predicted molar refractivity (Wildman–Crippen MR) is 93.1 cm³/mol. The highest BCUT2D eigenvalue weighted by atomic mass is 31.2. The van der Waals surface area contributed by atoms with E-state index in [2.05, 4.69) is 19.7 Å². The summed E-state index contributed by atoms with van der Waals surface area (Å²) in [5.41, 5.74) is 0. The molecule has 0 aromatic heterocycles. The monoisotopic (exact) mass is 407 g/mol. The summed E-state index contributed by atoms with van der Waals surface area (Å²) in [5.74, 6) is 0.180. The van der Waals surface area contributed by atoms with Gasteiger partial charge in [-0.1, -0.05) is 6.42 Å². The molecule has 11 heteroatoms. The number of urea groups is 1. The minimum atomic E-state index is -4.19. The van der Waals surface area contributed by atoms with Gasteiger partial charge in [-0.15, -0.1) is 0 Å². The Bertz CT molecular complexity index is 547. The summed E-state index contributed by atoms with van der Waals surface area (Å²) in [5, 5.41) is 5.69. The SMILES string of the molecule is COP(=O)([O-])OCCOCCCC(=O)CCCCC1OCC2NC(=O)NC21. The second-order valence-corrected chi connectivity index (χ2v) is 8.10. The number of hydrogen-bond acceptors (Lipinski definition) is 8. The molecule has 0 radical (unpaired) electrons. The van der Waals surface area contributed by atoms with E-state index in [1.54, 1.807) is 0 Å². The fourth-order valence-electron chi connectivity index (χ4n) is 3.17. The van der Waals surface area contributed by atoms with E-state index in [9.17, 15) is 19.0 Å². The molecule has 2 N–H and O–H groups in total. The topological polar surface area (TPSA) is 135 Å². The highest BCUT2D eigenvalue weighted by Crippen LogP contribution is 2.36. The second kappa shape index (κ2) is 11.1. The first-order valence-corrected chi connectivity index (χ1v) is 10.7. The molecular weight excluding hydrogens is 379 g/mol. The van der Waals surface area contributed by atoms with Crippen LogP contribution in [0.5, 0.6) is 0 Å². The number of fused-ring (bicyclic) bond motifs is 1. The molecule has 4 unspecified atom stereocenters. The van der Waals surface area contributed by atoms with Crippen molar-refractivity contribution in [2.45, 2.75) is 56.7 Å². The first-order valence-electron chi connectivity index (χ1n) is 9.20. The zero-order valence-electron chi connectivity index (χ0n) is 15.5. The smallest absolute Gasteiger partial charge is 0.315 e. The van der Waals surface area contributed by atoms with E-state index in [1.165, 1.54) is 0 Å². The fourth-order valence-corrected chi connectivity index (χ4v) is 3.57. The number of ether oxygens (including phenoxy) is 2. The number of phosphoric acid groups is 1. The first kappa shape index (κ1) is 22.3. The molecule has 2 aliphatic heterocycles. The summed E-state index contributed by atoms with van der Waals surface area (Å²) in [6, 6.07) is -0.0404. The highest BCUT2D eigenvalue weighted by Gasteiger charge is 2.43. The zero-order valence-corrected chi connectivity index (χ0v) is 16.4. The van der Waals surface area contributed by atoms with Crippen molar-refractivity contribution < 1.29 is 37.6 Å². The van der Waals surface area contributed by atoms with Crippen LogP contribution >= 0.6 is 7.82 Å². The lowest BCUT2D eigenvalue weighted by Crippen LogP contribution is -2.37. The number of unbranched alkanes of at least 4 members (excludes halogenated alkanes) is 1. The van der Waals surface area contributed by atoms with Gasteiger partial charge < -0.3 is 34.0 Å². The number of rotatable bonds is 14. The van der Waals surface area contributed by atoms with Crippen molar-refractivity contribution >= 4 is 19.6 Å². The molecule has 10 nitrogen and oxygen atoms in total. The van der Waals surface area contributed by atoms with Gasteiger partial charge in [0.25, 0.3) is 7.82 Å². The summed E-state index contributed by atoms with van der Waals surface area (Å²) in [6.07, 6.45) is 4.04. The number of amides is 2. The molecular formula is C16H28N2O8P-. The van der Waals surface area contributed by atoms with Crippen LogP contribution in [0.3, 0.4) is 0 Å². The molecule has 0 aromatic rings. The summed E-state index contributed by atoms with van der Waals surface area (Å²) in [7, 11) is -3.17. The van der Waals surface area contributed by atoms with Gasteiger partial charge in [0.15, 0.2) is 0 Å². The normalized spacial score (nSPS) is 26.3. The van der Waals surface area contributed by atoms with Crippen LogP contribution in [0.4, 0.5) is 4.79 Å². The van der Waals surface area contributed by atoms with Gasteiger partial charge in [0.2, 0.25) is 0 Å². The van der Waals surface area contributed by atoms with E-state index < -0.39 is 7.82 Å². The van der Waals surface area contributed by atoms with Crippen LogP contribution in [0.2, 0.25) is 0 Å². The zero-order chi connectivity index (χ0) is 19.7. The van der Waals surface area contributed by atoms with Crippen LogP contribution in [-0.2, 0) is 27.9 Å². The Morgan fingerprint density at radius 3 is 2.78 bits per heavy atom. The van der Waals surface area contributed by atoms with E-state index in [1.807, 2.05) is 0 Å². The quantitative estimate of drug-likeness (QED) is 0.314. The minimum Gasteiger partial charge on any atom is -0.756 e. The molecule has 0 saturated carbocycles. The lowest BCUT2D eigenvalue weighted by atomic mass is 10.0. The molecule has 2 saturated heterocycles. The van der Waals surface area contributed by atoms with E-state index >= 15 is 0 Å². The van der Waals surface area contributed by atoms with Crippen molar-refractivity contribution in [3.05, 3.63) is 0 Å². The Labute approximate surface area is 158 Å². The number of carbonyl (C=O) groups excluding carboxylic acids is 2. The van der Waals surface area contributed by atoms with Crippen LogP contribution in [-0.4, -0.2) is 63.5 Å². The Morgan fingerprint density at radius 1 is 1.22 bits per heavy atom. The summed E-state index contributed by atoms with van der Waals surface area (Å²) >= 11 is 0. The molecule has 2 amide bonds. The lowest BCUT2D eigenvalue weighted by Gasteiger charge is -2.19. The third-order valence-corrected chi connectivity index (χ3v) is 5.52. The van der Waals surface area contributed by atoms with Gasteiger partial charge in [-0.25, -0.2) is 4.79 Å². The molecule has 2 aliphatic rings. The number of nitrogens with one attached hydrogen (secondary N) is 2. The molecule has 156 valence electrons. The van der Waals surface area contributed by atoms with Gasteiger partial charge in [-0.2, -0.15) is 0 Å². The Kier molecular flexibility index (Phi) is 9.14. The molecule has 2 fully saturated rings. The standard InChI is InChI=1S/C16H29N2O8P/c1-23-27(21,22)26-10-9-24-8-4-6-12(19)5-2-3-7-14-15-13(11-25-14)17-16(20)18-15/h13-15H,2-11H2,1H3,(H,21,22)(H2,17,18,20)/p-1. The molecule has 0 aromatic carbocycles. The van der Waals surface area contributed by atoms with Crippen molar-refractivity contribution in [3.8, 4) is 0 Å². The summed E-state index contributed by atoms with van der Waals surface area (Å²) in [4.78, 5) is 34.1. The van der Waals surface area contributed by atoms with E-state index in [-0.39, 0.29) is 43.2 Å². The predicted octanol–water partition coefficient (Wildman–Crippen LogP) is 0.493. The largest absolute Gasteiger partial charge is 0.756 e. The van der Waals surface area contributed by atoms with Crippen LogP contribution in [0.25, 0.3) is 0 Å². The molecule has 0 aliphatic carbocycles. The molecule has 27 heavy (non-hydrogen) atoms. The van der Waals surface area contributed by atoms with Crippen molar-refractivity contribution in [2.75, 3.05) is 33.5 Å². The van der Waals surface area contributed by atoms with E-state index in [0.29, 0.717) is 32.5 Å². The highest BCUT2D eigenvalue weighted by molar-refractivity contribution is 7.45. The Morgan fingerprint density at radius 2 is 2.00 bits per heavy atom. The van der Waals surface area contributed by atoms with Gasteiger partial charge >= 0.3 is 6.03 Å². The van der Waals surface area contributed by atoms with E-state index in [0.717, 1.165) is 26.4 Å². The summed E-state index contributed by atoms with van der Waals surface area (Å²) in [6.45, 7) is 0.926. The third kappa shape index (κ3) is 7.85. The van der Waals surface area contributed by atoms with Gasteiger partial charge in [0.05, 0.1) is 38.0 Å². The van der Waals surface area contributed by atoms with Gasteiger partial charge in [0, 0.05) is 26.6 Å².